The number of piperidine rings is 1. The van der Waals surface area contributed by atoms with E-state index in [-0.39, 0.29) is 24.5 Å². The molecule has 2 aliphatic rings. The lowest BCUT2D eigenvalue weighted by atomic mass is 10.2. The van der Waals surface area contributed by atoms with Gasteiger partial charge in [0.2, 0.25) is 0 Å². The van der Waals surface area contributed by atoms with Crippen molar-refractivity contribution in [1.82, 2.24) is 5.32 Å². The lowest BCUT2D eigenvalue weighted by Crippen LogP contribution is -2.36. The van der Waals surface area contributed by atoms with Gasteiger partial charge in [-0.05, 0) is 0 Å². The molecule has 0 aromatic rings. The molecule has 1 saturated heterocycles. The number of fused-ring (bicyclic) bond motifs is 1. The van der Waals surface area contributed by atoms with Crippen LogP contribution in [0.25, 0.3) is 0 Å². The Morgan fingerprint density at radius 3 is 2.73 bits per heavy atom. The quantitative estimate of drug-likeness (QED) is 0.539. The molecule has 1 amide bonds. The van der Waals surface area contributed by atoms with E-state index in [0.717, 1.165) is 0 Å². The van der Waals surface area contributed by atoms with Gasteiger partial charge in [-0.3, -0.25) is 4.79 Å². The van der Waals surface area contributed by atoms with Gasteiger partial charge < -0.3 is 10.4 Å². The molecule has 62 valence electrons. The van der Waals surface area contributed by atoms with Crippen LogP contribution in [0.15, 0.2) is 0 Å². The van der Waals surface area contributed by atoms with Gasteiger partial charge in [0.05, 0.1) is 12.6 Å². The maximum absolute atomic E-state index is 13.4. The third-order valence-electron chi connectivity index (χ3n) is 2.87. The van der Waals surface area contributed by atoms with Crippen LogP contribution in [-0.2, 0) is 4.79 Å². The molecule has 3 nitrogen and oxygen atoms in total. The fraction of sp³-hybridized carbons (Fsp3) is 0.857. The summed E-state index contributed by atoms with van der Waals surface area (Å²) in [6, 6.07) is -0.359. The molecule has 11 heavy (non-hydrogen) atoms. The zero-order chi connectivity index (χ0) is 8.22. The van der Waals surface area contributed by atoms with E-state index in [1.54, 1.807) is 6.92 Å². The predicted octanol–water partition coefficient (Wildman–Crippen LogP) is -0.549. The van der Waals surface area contributed by atoms with E-state index in [2.05, 4.69) is 5.32 Å². The second-order valence-electron chi connectivity index (χ2n) is 3.35. The molecule has 4 atom stereocenters. The molecule has 0 radical (unpaired) electrons. The molecular weight excluding hydrogens is 149 g/mol. The van der Waals surface area contributed by atoms with E-state index < -0.39 is 11.6 Å². The summed E-state index contributed by atoms with van der Waals surface area (Å²) in [5.74, 6) is -1.05. The summed E-state index contributed by atoms with van der Waals surface area (Å²) in [6.07, 6.45) is 0. The largest absolute Gasteiger partial charge is 0.394 e. The van der Waals surface area contributed by atoms with Gasteiger partial charge in [0, 0.05) is 11.8 Å². The minimum atomic E-state index is -1.66. The van der Waals surface area contributed by atoms with E-state index in [0.29, 0.717) is 0 Å². The number of aliphatic hydroxyl groups is 1. The SMILES string of the molecule is CC1C2C(CO)NC(=O)C12F. The van der Waals surface area contributed by atoms with Crippen LogP contribution in [0.3, 0.4) is 0 Å². The van der Waals surface area contributed by atoms with Crippen molar-refractivity contribution in [2.45, 2.75) is 18.6 Å². The van der Waals surface area contributed by atoms with E-state index in [1.807, 2.05) is 0 Å². The molecule has 2 N–H and O–H groups in total. The maximum Gasteiger partial charge on any atom is 0.258 e. The topological polar surface area (TPSA) is 49.3 Å². The Morgan fingerprint density at radius 2 is 2.45 bits per heavy atom. The van der Waals surface area contributed by atoms with Crippen molar-refractivity contribution in [3.63, 3.8) is 0 Å². The number of hydrogen-bond donors (Lipinski definition) is 2. The minimum absolute atomic E-state index is 0.160. The van der Waals surface area contributed by atoms with E-state index in [1.165, 1.54) is 0 Å². The van der Waals surface area contributed by atoms with Crippen LogP contribution in [0.2, 0.25) is 0 Å². The highest BCUT2D eigenvalue weighted by Crippen LogP contribution is 2.58. The van der Waals surface area contributed by atoms with Crippen LogP contribution >= 0.6 is 0 Å². The zero-order valence-electron chi connectivity index (χ0n) is 6.17. The highest BCUT2D eigenvalue weighted by Gasteiger charge is 2.75. The molecule has 4 heteroatoms. The average molecular weight is 159 g/mol. The number of carbonyl (C=O) groups excluding carboxylic acids is 1. The molecule has 0 spiro atoms. The van der Waals surface area contributed by atoms with Crippen LogP contribution in [-0.4, -0.2) is 29.3 Å². The second-order valence-corrected chi connectivity index (χ2v) is 3.35. The fourth-order valence-electron chi connectivity index (χ4n) is 2.08. The minimum Gasteiger partial charge on any atom is -0.394 e. The van der Waals surface area contributed by atoms with Gasteiger partial charge in [-0.1, -0.05) is 6.92 Å². The van der Waals surface area contributed by atoms with Crippen molar-refractivity contribution in [1.29, 1.82) is 0 Å². The van der Waals surface area contributed by atoms with Crippen molar-refractivity contribution in [2.24, 2.45) is 11.8 Å². The lowest BCUT2D eigenvalue weighted by molar-refractivity contribution is -0.126. The number of amides is 1. The number of carbonyl (C=O) groups is 1. The summed E-state index contributed by atoms with van der Waals surface area (Å²) < 4.78 is 13.4. The summed E-state index contributed by atoms with van der Waals surface area (Å²) in [5.41, 5.74) is -1.66. The molecule has 0 aromatic heterocycles. The molecule has 1 aliphatic carbocycles. The van der Waals surface area contributed by atoms with Gasteiger partial charge in [0.1, 0.15) is 0 Å². The fourth-order valence-corrected chi connectivity index (χ4v) is 2.08. The van der Waals surface area contributed by atoms with Crippen molar-refractivity contribution >= 4 is 5.91 Å². The highest BCUT2D eigenvalue weighted by atomic mass is 19.1. The number of hydrogen-bond acceptors (Lipinski definition) is 2. The van der Waals surface area contributed by atoms with Gasteiger partial charge in [-0.15, -0.1) is 0 Å². The molecule has 2 fully saturated rings. The lowest BCUT2D eigenvalue weighted by Gasteiger charge is -2.09. The standard InChI is InChI=1S/C7H10FNO2/c1-3-5-4(2-10)9-6(11)7(3,5)8/h3-5,10H,2H2,1H3,(H,9,11). The van der Waals surface area contributed by atoms with Crippen LogP contribution in [0.1, 0.15) is 6.92 Å². The highest BCUT2D eigenvalue weighted by molar-refractivity contribution is 5.93. The Kier molecular flexibility index (Phi) is 1.12. The van der Waals surface area contributed by atoms with Gasteiger partial charge in [0.15, 0.2) is 5.67 Å². The van der Waals surface area contributed by atoms with Crippen LogP contribution < -0.4 is 5.32 Å². The third kappa shape index (κ3) is 0.588. The van der Waals surface area contributed by atoms with Gasteiger partial charge in [-0.25, -0.2) is 4.39 Å². The second kappa shape index (κ2) is 1.75. The van der Waals surface area contributed by atoms with E-state index >= 15 is 0 Å². The van der Waals surface area contributed by atoms with Crippen LogP contribution in [0.4, 0.5) is 4.39 Å². The molecule has 0 bridgehead atoms. The Hall–Kier alpha value is -0.640. The van der Waals surface area contributed by atoms with Crippen molar-refractivity contribution in [2.75, 3.05) is 6.61 Å². The number of aliphatic hydroxyl groups excluding tert-OH is 1. The molecular formula is C7H10FNO2. The molecule has 1 heterocycles. The smallest absolute Gasteiger partial charge is 0.258 e. The first kappa shape index (κ1) is 7.03. The van der Waals surface area contributed by atoms with E-state index in [9.17, 15) is 9.18 Å². The monoisotopic (exact) mass is 159 g/mol. The number of alkyl halides is 1. The Bertz CT molecular complexity index is 220. The summed E-state index contributed by atoms with van der Waals surface area (Å²) in [6.45, 7) is 1.54. The summed E-state index contributed by atoms with van der Waals surface area (Å²) in [7, 11) is 0. The van der Waals surface area contributed by atoms with Crippen molar-refractivity contribution in [3.05, 3.63) is 0 Å². The summed E-state index contributed by atoms with van der Waals surface area (Å²) in [5, 5.41) is 11.1. The number of nitrogens with one attached hydrogen (secondary N) is 1. The summed E-state index contributed by atoms with van der Waals surface area (Å²) >= 11 is 0. The Morgan fingerprint density at radius 1 is 1.82 bits per heavy atom. The first-order chi connectivity index (χ1) is 5.12. The van der Waals surface area contributed by atoms with Gasteiger partial charge in [0.25, 0.3) is 5.91 Å². The van der Waals surface area contributed by atoms with Crippen LogP contribution in [0.5, 0.6) is 0 Å². The average Bonchev–Trinajstić information content (AvgIpc) is 2.38. The molecule has 0 aromatic carbocycles. The molecule has 1 saturated carbocycles. The van der Waals surface area contributed by atoms with Gasteiger partial charge in [-0.2, -0.15) is 0 Å². The van der Waals surface area contributed by atoms with E-state index in [4.69, 9.17) is 5.11 Å². The maximum atomic E-state index is 13.4. The molecule has 4 unspecified atom stereocenters. The first-order valence-corrected chi connectivity index (χ1v) is 3.73. The Balaban J connectivity index is 2.23. The zero-order valence-corrected chi connectivity index (χ0v) is 6.17. The molecule has 1 aliphatic heterocycles. The van der Waals surface area contributed by atoms with Crippen molar-refractivity contribution < 1.29 is 14.3 Å². The van der Waals surface area contributed by atoms with Crippen LogP contribution in [0, 0.1) is 11.8 Å². The summed E-state index contributed by atoms with van der Waals surface area (Å²) in [4.78, 5) is 10.9. The third-order valence-corrected chi connectivity index (χ3v) is 2.87. The van der Waals surface area contributed by atoms with Gasteiger partial charge >= 0.3 is 0 Å². The number of halogens is 1. The Labute approximate surface area is 63.6 Å². The predicted molar refractivity (Wildman–Crippen MR) is 35.5 cm³/mol. The first-order valence-electron chi connectivity index (χ1n) is 3.73. The normalized spacial score (nSPS) is 53.7. The number of rotatable bonds is 1. The molecule has 2 rings (SSSR count). The van der Waals surface area contributed by atoms with Crippen molar-refractivity contribution in [3.8, 4) is 0 Å².